The van der Waals surface area contributed by atoms with Crippen molar-refractivity contribution in [1.82, 2.24) is 0 Å². The number of unbranched alkanes of at least 4 members (excludes halogenated alkanes) is 7. The summed E-state index contributed by atoms with van der Waals surface area (Å²) in [5.74, 6) is 6.47. The summed E-state index contributed by atoms with van der Waals surface area (Å²) < 4.78 is 0. The van der Waals surface area contributed by atoms with E-state index in [4.69, 9.17) is 15.1 Å². The first-order chi connectivity index (χ1) is 29.8. The molecule has 9 nitrogen and oxygen atoms in total. The van der Waals surface area contributed by atoms with Gasteiger partial charge in [-0.1, -0.05) is 110 Å². The maximum atomic E-state index is 10.1. The average Bonchev–Trinajstić information content (AvgIpc) is 3.29. The minimum atomic E-state index is -1.67. The monoisotopic (exact) mass is 908 g/mol. The Morgan fingerprint density at radius 1 is 0.587 bits per heavy atom. The van der Waals surface area contributed by atoms with E-state index in [1.54, 1.807) is 19.1 Å². The van der Waals surface area contributed by atoms with E-state index in [9.17, 15) is 30.6 Å². The van der Waals surface area contributed by atoms with Gasteiger partial charge in [-0.15, -0.1) is 0 Å². The van der Waals surface area contributed by atoms with Crippen molar-refractivity contribution in [1.29, 1.82) is 0 Å². The van der Waals surface area contributed by atoms with Gasteiger partial charge in [-0.05, 0) is 138 Å². The van der Waals surface area contributed by atoms with Crippen molar-refractivity contribution in [2.45, 2.75) is 169 Å². The number of aliphatic hydroxyl groups excluding tert-OH is 5. The molecule has 4 unspecified atom stereocenters. The van der Waals surface area contributed by atoms with E-state index in [1.807, 2.05) is 0 Å². The molecule has 63 heavy (non-hydrogen) atoms. The summed E-state index contributed by atoms with van der Waals surface area (Å²) in [5, 5.41) is 68.3. The number of phenolic OH excluding ortho intramolecular Hbond substituents is 2. The molecule has 0 fully saturated rings. The molecule has 0 heterocycles. The second kappa shape index (κ2) is 29.4. The average molecular weight is 910 g/mol. The fourth-order valence-electron chi connectivity index (χ4n) is 7.55. The van der Waals surface area contributed by atoms with Crippen molar-refractivity contribution in [2.75, 3.05) is 6.61 Å². The van der Waals surface area contributed by atoms with E-state index < -0.39 is 31.0 Å². The number of hydrogen-bond donors (Lipinski definition) is 7. The standard InChI is InChI=1S/C36H52N2.C17H22O7.Ni/c1-7-13-15-16-17-18-19-20-22-36(38-34-26-24-30(10-4)32(12-6)28-34)35(21-14-8-2)37-33-25-23-29(9-3)31(11-5)27-33;1-8-9(4-14(21)16(23)17(24)15(22)7-18)2-3-10-5-12(19)13(20)6-11(8)10;/h23-28H,7-19,21H2,1-6H3;2-3,5-6,14-24H,4,7H2,1H3;. The maximum Gasteiger partial charge on any atom is 0.158 e. The minimum Gasteiger partial charge on any atom is -0.504 e. The van der Waals surface area contributed by atoms with Crippen LogP contribution in [0.25, 0.3) is 10.8 Å². The molecule has 348 valence electrons. The van der Waals surface area contributed by atoms with Gasteiger partial charge in [0.15, 0.2) is 11.5 Å². The van der Waals surface area contributed by atoms with Crippen LogP contribution in [0.5, 0.6) is 11.5 Å². The van der Waals surface area contributed by atoms with Crippen molar-refractivity contribution >= 4 is 33.6 Å². The fraction of sp³-hybridized carbons (Fsp3) is 0.509. The Labute approximate surface area is 387 Å². The van der Waals surface area contributed by atoms with Crippen LogP contribution in [-0.4, -0.2) is 78.2 Å². The number of aromatic hydroxyl groups is 2. The van der Waals surface area contributed by atoms with Crippen LogP contribution in [-0.2, 0) is 48.6 Å². The molecule has 0 bridgehead atoms. The van der Waals surface area contributed by atoms with Crippen LogP contribution in [0.1, 0.15) is 139 Å². The molecular formula is C53H74N2NiO7. The van der Waals surface area contributed by atoms with Gasteiger partial charge in [0.25, 0.3) is 0 Å². The van der Waals surface area contributed by atoms with Crippen LogP contribution in [0.15, 0.2) is 70.6 Å². The van der Waals surface area contributed by atoms with Crippen molar-refractivity contribution in [3.63, 3.8) is 0 Å². The smallest absolute Gasteiger partial charge is 0.158 e. The number of aliphatic hydroxyl groups is 5. The molecule has 10 heteroatoms. The number of aryl methyl sites for hydroxylation is 5. The number of benzene rings is 4. The van der Waals surface area contributed by atoms with Crippen LogP contribution in [0.4, 0.5) is 11.4 Å². The van der Waals surface area contributed by atoms with Crippen LogP contribution < -0.4 is 0 Å². The Kier molecular flexibility index (Phi) is 25.7. The molecule has 0 aliphatic heterocycles. The molecule has 0 saturated carbocycles. The van der Waals surface area contributed by atoms with Gasteiger partial charge < -0.3 is 35.7 Å². The van der Waals surface area contributed by atoms with E-state index in [2.05, 4.69) is 89.8 Å². The first-order valence-corrected chi connectivity index (χ1v) is 23.0. The summed E-state index contributed by atoms with van der Waals surface area (Å²) in [4.78, 5) is 10.3. The zero-order valence-corrected chi connectivity index (χ0v) is 39.7. The summed E-state index contributed by atoms with van der Waals surface area (Å²) in [5.41, 5.74) is 10.9. The molecule has 0 amide bonds. The van der Waals surface area contributed by atoms with E-state index >= 15 is 0 Å². The molecular weight excluding hydrogens is 835 g/mol. The minimum absolute atomic E-state index is 0. The third-order valence-electron chi connectivity index (χ3n) is 11.6. The number of hydrogen-bond acceptors (Lipinski definition) is 9. The molecule has 4 rings (SSSR count). The Morgan fingerprint density at radius 3 is 1.68 bits per heavy atom. The van der Waals surface area contributed by atoms with Gasteiger partial charge in [0.1, 0.15) is 24.0 Å². The number of rotatable bonds is 22. The maximum absolute atomic E-state index is 10.1. The predicted octanol–water partition coefficient (Wildman–Crippen LogP) is 10.3. The Hall–Kier alpha value is -4.07. The molecule has 7 N–H and O–H groups in total. The normalized spacial score (nSPS) is 13.6. The van der Waals surface area contributed by atoms with Gasteiger partial charge in [0, 0.05) is 29.3 Å². The topological polar surface area (TPSA) is 166 Å². The summed E-state index contributed by atoms with van der Waals surface area (Å²) in [6.07, 6.45) is 9.68. The van der Waals surface area contributed by atoms with Crippen molar-refractivity contribution < 1.29 is 52.2 Å². The SMILES string of the molecule is CCCCCCCCC#CC(=Nc1ccc(CC)c(CC)c1)C(CCCC)=Nc1ccc(CC)c(CC)c1.Cc1c(CC(O)C(O)C(O)C(O)CO)ccc2cc(O)c(O)cc12.[Ni]. The Bertz CT molecular complexity index is 2120. The number of phenols is 2. The van der Waals surface area contributed by atoms with E-state index in [0.29, 0.717) is 16.3 Å². The number of fused-ring (bicyclic) bond motifs is 1. The summed E-state index contributed by atoms with van der Waals surface area (Å²) in [7, 11) is 0. The van der Waals surface area contributed by atoms with Gasteiger partial charge in [-0.2, -0.15) is 0 Å². The van der Waals surface area contributed by atoms with E-state index in [1.165, 1.54) is 66.5 Å². The van der Waals surface area contributed by atoms with Crippen molar-refractivity contribution in [2.24, 2.45) is 9.98 Å². The molecule has 0 radical (unpaired) electrons. The molecule has 0 spiro atoms. The second-order valence-corrected chi connectivity index (χ2v) is 16.2. The molecule has 0 aliphatic carbocycles. The Balaban J connectivity index is 0.000000470. The van der Waals surface area contributed by atoms with Crippen molar-refractivity contribution in [3.8, 4) is 23.3 Å². The molecule has 0 saturated heterocycles. The van der Waals surface area contributed by atoms with Gasteiger partial charge in [-0.25, -0.2) is 4.99 Å². The summed E-state index contributed by atoms with van der Waals surface area (Å²) >= 11 is 0. The third kappa shape index (κ3) is 17.1. The van der Waals surface area contributed by atoms with E-state index in [-0.39, 0.29) is 34.4 Å². The molecule has 4 aromatic carbocycles. The van der Waals surface area contributed by atoms with Crippen LogP contribution in [0, 0.1) is 18.8 Å². The fourth-order valence-corrected chi connectivity index (χ4v) is 7.55. The molecule has 0 aromatic heterocycles. The number of aliphatic imine (C=N–C) groups is 2. The predicted molar refractivity (Wildman–Crippen MR) is 257 cm³/mol. The Morgan fingerprint density at radius 2 is 1.11 bits per heavy atom. The van der Waals surface area contributed by atoms with Gasteiger partial charge in [0.05, 0.1) is 29.8 Å². The zero-order valence-electron chi connectivity index (χ0n) is 38.7. The molecule has 4 atom stereocenters. The van der Waals surface area contributed by atoms with Crippen LogP contribution >= 0.6 is 0 Å². The first-order valence-electron chi connectivity index (χ1n) is 23.0. The zero-order chi connectivity index (χ0) is 45.6. The summed E-state index contributed by atoms with van der Waals surface area (Å²) in [6, 6.07) is 19.5. The molecule has 4 aromatic rings. The third-order valence-corrected chi connectivity index (χ3v) is 11.6. The van der Waals surface area contributed by atoms with Crippen molar-refractivity contribution in [3.05, 3.63) is 94.0 Å². The number of nitrogens with zero attached hydrogens (tertiary/aromatic N) is 2. The van der Waals surface area contributed by atoms with E-state index in [0.717, 1.165) is 86.1 Å². The quantitative estimate of drug-likeness (QED) is 0.0136. The largest absolute Gasteiger partial charge is 0.504 e. The van der Waals surface area contributed by atoms with Gasteiger partial charge >= 0.3 is 0 Å². The molecule has 0 aliphatic rings. The van der Waals surface area contributed by atoms with Crippen LogP contribution in [0.2, 0.25) is 0 Å². The van der Waals surface area contributed by atoms with Gasteiger partial charge in [-0.3, -0.25) is 4.99 Å². The van der Waals surface area contributed by atoms with Gasteiger partial charge in [0.2, 0.25) is 0 Å². The second-order valence-electron chi connectivity index (χ2n) is 16.2. The summed E-state index contributed by atoms with van der Waals surface area (Å²) in [6.45, 7) is 14.4. The van der Waals surface area contributed by atoms with Crippen LogP contribution in [0.3, 0.4) is 0 Å². The first kappa shape index (κ1) is 55.1.